The maximum Gasteiger partial charge on any atom is 0.127 e. The molecule has 0 unspecified atom stereocenters. The second-order valence-corrected chi connectivity index (χ2v) is 7.66. The SMILES string of the molecule is CCCCCCOc1ccc(CNCC2CC2)c(OCCCCCC)c1. The van der Waals surface area contributed by atoms with E-state index in [9.17, 15) is 0 Å². The second-order valence-electron chi connectivity index (χ2n) is 7.66. The van der Waals surface area contributed by atoms with Crippen LogP contribution >= 0.6 is 0 Å². The average Bonchev–Trinajstić information content (AvgIpc) is 3.47. The molecule has 2 rings (SSSR count). The molecule has 1 aromatic carbocycles. The molecule has 148 valence electrons. The first-order valence-corrected chi connectivity index (χ1v) is 10.9. The van der Waals surface area contributed by atoms with Gasteiger partial charge in [-0.2, -0.15) is 0 Å². The van der Waals surface area contributed by atoms with Crippen LogP contribution in [0.5, 0.6) is 11.5 Å². The van der Waals surface area contributed by atoms with Crippen LogP contribution in [0, 0.1) is 5.92 Å². The number of ether oxygens (including phenoxy) is 2. The van der Waals surface area contributed by atoms with Crippen molar-refractivity contribution in [2.45, 2.75) is 84.6 Å². The highest BCUT2D eigenvalue weighted by Crippen LogP contribution is 2.29. The Kier molecular flexibility index (Phi) is 10.6. The average molecular weight is 362 g/mol. The predicted molar refractivity (Wildman–Crippen MR) is 110 cm³/mol. The van der Waals surface area contributed by atoms with Gasteiger partial charge in [0, 0.05) is 18.2 Å². The summed E-state index contributed by atoms with van der Waals surface area (Å²) in [4.78, 5) is 0. The van der Waals surface area contributed by atoms with Crippen molar-refractivity contribution in [1.82, 2.24) is 5.32 Å². The number of benzene rings is 1. The number of hydrogen-bond donors (Lipinski definition) is 1. The zero-order valence-corrected chi connectivity index (χ0v) is 17.0. The van der Waals surface area contributed by atoms with Gasteiger partial charge < -0.3 is 14.8 Å². The third kappa shape index (κ3) is 8.93. The summed E-state index contributed by atoms with van der Waals surface area (Å²) in [5.41, 5.74) is 1.25. The van der Waals surface area contributed by atoms with Gasteiger partial charge in [0.05, 0.1) is 13.2 Å². The van der Waals surface area contributed by atoms with Crippen molar-refractivity contribution >= 4 is 0 Å². The number of unbranched alkanes of at least 4 members (excludes halogenated alkanes) is 6. The Morgan fingerprint density at radius 3 is 2.23 bits per heavy atom. The van der Waals surface area contributed by atoms with Crippen LogP contribution in [0.1, 0.15) is 83.6 Å². The Morgan fingerprint density at radius 2 is 1.58 bits per heavy atom. The molecule has 3 heteroatoms. The molecule has 1 aliphatic carbocycles. The van der Waals surface area contributed by atoms with E-state index in [-0.39, 0.29) is 0 Å². The topological polar surface area (TPSA) is 30.5 Å². The highest BCUT2D eigenvalue weighted by molar-refractivity contribution is 5.40. The zero-order chi connectivity index (χ0) is 18.5. The van der Waals surface area contributed by atoms with Gasteiger partial charge in [0.1, 0.15) is 11.5 Å². The first-order chi connectivity index (χ1) is 12.8. The van der Waals surface area contributed by atoms with Gasteiger partial charge in [-0.25, -0.2) is 0 Å². The third-order valence-electron chi connectivity index (χ3n) is 5.01. The Morgan fingerprint density at radius 1 is 0.885 bits per heavy atom. The fourth-order valence-corrected chi connectivity index (χ4v) is 3.07. The zero-order valence-electron chi connectivity index (χ0n) is 17.0. The Bertz CT molecular complexity index is 485. The van der Waals surface area contributed by atoms with E-state index in [0.29, 0.717) is 0 Å². The Balaban J connectivity index is 1.82. The lowest BCUT2D eigenvalue weighted by Gasteiger charge is -2.15. The lowest BCUT2D eigenvalue weighted by Crippen LogP contribution is -2.17. The second kappa shape index (κ2) is 13.0. The summed E-state index contributed by atoms with van der Waals surface area (Å²) in [5.74, 6) is 2.84. The molecule has 1 aromatic rings. The molecule has 0 aromatic heterocycles. The molecule has 1 saturated carbocycles. The largest absolute Gasteiger partial charge is 0.493 e. The Hall–Kier alpha value is -1.22. The van der Waals surface area contributed by atoms with Crippen LogP contribution < -0.4 is 14.8 Å². The molecule has 0 amide bonds. The van der Waals surface area contributed by atoms with Crippen molar-refractivity contribution in [3.8, 4) is 11.5 Å². The van der Waals surface area contributed by atoms with Crippen LogP contribution in [0.25, 0.3) is 0 Å². The van der Waals surface area contributed by atoms with Gasteiger partial charge in [0.25, 0.3) is 0 Å². The van der Waals surface area contributed by atoms with E-state index in [1.807, 2.05) is 0 Å². The molecule has 0 bridgehead atoms. The molecule has 1 aliphatic rings. The fraction of sp³-hybridized carbons (Fsp3) is 0.739. The van der Waals surface area contributed by atoms with Gasteiger partial charge in [-0.1, -0.05) is 58.4 Å². The van der Waals surface area contributed by atoms with Gasteiger partial charge in [0.15, 0.2) is 0 Å². The molecule has 0 spiro atoms. The summed E-state index contributed by atoms with van der Waals surface area (Å²) in [6.07, 6.45) is 12.6. The number of rotatable bonds is 16. The highest BCUT2D eigenvalue weighted by Gasteiger charge is 2.20. The number of hydrogen-bond acceptors (Lipinski definition) is 3. The van der Waals surface area contributed by atoms with E-state index in [0.717, 1.165) is 56.6 Å². The van der Waals surface area contributed by atoms with Crippen molar-refractivity contribution in [3.63, 3.8) is 0 Å². The van der Waals surface area contributed by atoms with Crippen LogP contribution in [0.15, 0.2) is 18.2 Å². The minimum Gasteiger partial charge on any atom is -0.493 e. The molecule has 0 heterocycles. The molecule has 1 fully saturated rings. The van der Waals surface area contributed by atoms with Gasteiger partial charge in [-0.15, -0.1) is 0 Å². The molecular weight excluding hydrogens is 322 g/mol. The molecule has 0 radical (unpaired) electrons. The Labute approximate surface area is 160 Å². The van der Waals surface area contributed by atoms with Crippen LogP contribution in [0.3, 0.4) is 0 Å². The highest BCUT2D eigenvalue weighted by atomic mass is 16.5. The van der Waals surface area contributed by atoms with E-state index >= 15 is 0 Å². The molecule has 0 saturated heterocycles. The summed E-state index contributed by atoms with van der Waals surface area (Å²) in [5, 5.41) is 3.58. The summed E-state index contributed by atoms with van der Waals surface area (Å²) < 4.78 is 12.1. The molecule has 26 heavy (non-hydrogen) atoms. The first kappa shape index (κ1) is 21.1. The van der Waals surface area contributed by atoms with Crippen LogP contribution in [-0.2, 0) is 6.54 Å². The summed E-state index contributed by atoms with van der Waals surface area (Å²) >= 11 is 0. The van der Waals surface area contributed by atoms with E-state index in [1.54, 1.807) is 0 Å². The molecule has 0 aliphatic heterocycles. The van der Waals surface area contributed by atoms with Crippen molar-refractivity contribution in [2.75, 3.05) is 19.8 Å². The van der Waals surface area contributed by atoms with Gasteiger partial charge in [0.2, 0.25) is 0 Å². The molecule has 1 N–H and O–H groups in total. The minimum absolute atomic E-state index is 0.801. The quantitative estimate of drug-likeness (QED) is 0.361. The van der Waals surface area contributed by atoms with Gasteiger partial charge in [-0.3, -0.25) is 0 Å². The molecule has 3 nitrogen and oxygen atoms in total. The van der Waals surface area contributed by atoms with Crippen molar-refractivity contribution in [2.24, 2.45) is 5.92 Å². The van der Waals surface area contributed by atoms with Crippen LogP contribution in [0.4, 0.5) is 0 Å². The first-order valence-electron chi connectivity index (χ1n) is 10.9. The maximum absolute atomic E-state index is 6.12. The molecule has 0 atom stereocenters. The van der Waals surface area contributed by atoms with Crippen molar-refractivity contribution in [3.05, 3.63) is 23.8 Å². The predicted octanol–water partition coefficient (Wildman–Crippen LogP) is 6.10. The monoisotopic (exact) mass is 361 g/mol. The van der Waals surface area contributed by atoms with Gasteiger partial charge in [-0.05, 0) is 44.2 Å². The summed E-state index contributed by atoms with van der Waals surface area (Å²) in [6.45, 7) is 8.10. The normalized spacial score (nSPS) is 13.8. The maximum atomic E-state index is 6.12. The standard InChI is InChI=1S/C23H39NO2/c1-3-5-7-9-15-25-22-14-13-21(19-24-18-20-11-12-20)23(17-22)26-16-10-8-6-4-2/h13-14,17,20,24H,3-12,15-16,18-19H2,1-2H3. The van der Waals surface area contributed by atoms with E-state index in [1.165, 1.54) is 56.9 Å². The third-order valence-corrected chi connectivity index (χ3v) is 5.01. The van der Waals surface area contributed by atoms with E-state index in [4.69, 9.17) is 9.47 Å². The fourth-order valence-electron chi connectivity index (χ4n) is 3.07. The molecular formula is C23H39NO2. The number of nitrogens with one attached hydrogen (secondary N) is 1. The van der Waals surface area contributed by atoms with Crippen molar-refractivity contribution < 1.29 is 9.47 Å². The lowest BCUT2D eigenvalue weighted by molar-refractivity contribution is 0.288. The minimum atomic E-state index is 0.801. The van der Waals surface area contributed by atoms with Crippen LogP contribution in [0.2, 0.25) is 0 Å². The summed E-state index contributed by atoms with van der Waals surface area (Å²) in [6, 6.07) is 6.36. The van der Waals surface area contributed by atoms with Crippen molar-refractivity contribution in [1.29, 1.82) is 0 Å². The lowest BCUT2D eigenvalue weighted by atomic mass is 10.1. The van der Waals surface area contributed by atoms with Crippen LogP contribution in [-0.4, -0.2) is 19.8 Å². The van der Waals surface area contributed by atoms with E-state index < -0.39 is 0 Å². The smallest absolute Gasteiger partial charge is 0.127 e. The summed E-state index contributed by atoms with van der Waals surface area (Å²) in [7, 11) is 0. The van der Waals surface area contributed by atoms with E-state index in [2.05, 4.69) is 37.4 Å². The van der Waals surface area contributed by atoms with Gasteiger partial charge >= 0.3 is 0 Å².